The molecule has 74 valence electrons. The zero-order valence-electron chi connectivity index (χ0n) is 9.05. The second kappa shape index (κ2) is 4.03. The van der Waals surface area contributed by atoms with Crippen LogP contribution >= 0.6 is 0 Å². The van der Waals surface area contributed by atoms with Crippen LogP contribution in [0, 0.1) is 0 Å². The van der Waals surface area contributed by atoms with E-state index < -0.39 is 18.4 Å². The summed E-state index contributed by atoms with van der Waals surface area (Å²) in [4.78, 5) is 20.3. The van der Waals surface area contributed by atoms with Crippen LogP contribution in [0.1, 0.15) is 13.3 Å². The van der Waals surface area contributed by atoms with Crippen LogP contribution in [-0.4, -0.2) is 42.3 Å². The maximum absolute atomic E-state index is 11.1. The molecule has 0 aromatic heterocycles. The Bertz CT molecular complexity index is 240. The van der Waals surface area contributed by atoms with Gasteiger partial charge in [-0.2, -0.15) is 0 Å². The summed E-state index contributed by atoms with van der Waals surface area (Å²) in [6.07, 6.45) is 3.42. The monoisotopic (exact) mass is 289 g/mol. The molecular formula is C10H19NOSn. The van der Waals surface area contributed by atoms with Gasteiger partial charge in [-0.1, -0.05) is 0 Å². The van der Waals surface area contributed by atoms with Gasteiger partial charge in [-0.25, -0.2) is 0 Å². The molecule has 1 aliphatic heterocycles. The van der Waals surface area contributed by atoms with E-state index in [0.717, 1.165) is 19.5 Å². The van der Waals surface area contributed by atoms with Crippen LogP contribution in [0.15, 0.2) is 9.67 Å². The van der Waals surface area contributed by atoms with Crippen LogP contribution < -0.4 is 0 Å². The van der Waals surface area contributed by atoms with Crippen molar-refractivity contribution in [3.05, 3.63) is 9.67 Å². The van der Waals surface area contributed by atoms with Crippen molar-refractivity contribution in [2.75, 3.05) is 13.1 Å². The average Bonchev–Trinajstić information content (AvgIpc) is 2.03. The number of rotatable bonds is 1. The van der Waals surface area contributed by atoms with Gasteiger partial charge in [0, 0.05) is 0 Å². The fourth-order valence-electron chi connectivity index (χ4n) is 1.64. The average molecular weight is 288 g/mol. The van der Waals surface area contributed by atoms with Crippen molar-refractivity contribution in [3.8, 4) is 0 Å². The molecule has 0 aromatic rings. The first-order chi connectivity index (χ1) is 5.91. The molecule has 3 heteroatoms. The van der Waals surface area contributed by atoms with Crippen molar-refractivity contribution in [1.82, 2.24) is 4.90 Å². The fourth-order valence-corrected chi connectivity index (χ4v) is 6.10. The van der Waals surface area contributed by atoms with Crippen LogP contribution in [0.5, 0.6) is 0 Å². The van der Waals surface area contributed by atoms with Crippen molar-refractivity contribution in [2.45, 2.75) is 28.2 Å². The van der Waals surface area contributed by atoms with E-state index in [0.29, 0.717) is 0 Å². The second-order valence-electron chi connectivity index (χ2n) is 4.69. The normalized spacial score (nSPS) is 18.5. The minimum absolute atomic E-state index is 0.208. The molecule has 0 aromatic carbocycles. The standard InChI is InChI=1S/C7H10NO.3CH3.Sn/c1-7(9)8-5-3-2-4-6-8;;;;/h3H,4-6H2,1H3;3*1H3;. The van der Waals surface area contributed by atoms with Gasteiger partial charge >= 0.3 is 84.9 Å². The summed E-state index contributed by atoms with van der Waals surface area (Å²) in [6, 6.07) is 0. The van der Waals surface area contributed by atoms with Gasteiger partial charge in [0.25, 0.3) is 0 Å². The van der Waals surface area contributed by atoms with Gasteiger partial charge in [-0.3, -0.25) is 0 Å². The van der Waals surface area contributed by atoms with Crippen LogP contribution in [0.25, 0.3) is 0 Å². The van der Waals surface area contributed by atoms with Crippen LogP contribution in [0.3, 0.4) is 0 Å². The minimum atomic E-state index is -1.80. The molecule has 0 bridgehead atoms. The van der Waals surface area contributed by atoms with E-state index in [1.807, 2.05) is 4.90 Å². The summed E-state index contributed by atoms with van der Waals surface area (Å²) in [5.41, 5.74) is 0. The van der Waals surface area contributed by atoms with E-state index in [4.69, 9.17) is 0 Å². The number of carbonyl (C=O) groups is 1. The third-order valence-electron chi connectivity index (χ3n) is 2.62. The number of hydrogen-bond acceptors (Lipinski definition) is 1. The van der Waals surface area contributed by atoms with Crippen LogP contribution in [0.4, 0.5) is 0 Å². The SMILES string of the molecule is CC(=O)N1CC=[C]([Sn]([CH3])([CH3])[CH3])CC1. The van der Waals surface area contributed by atoms with Crippen molar-refractivity contribution >= 4 is 24.3 Å². The van der Waals surface area contributed by atoms with Gasteiger partial charge in [0.15, 0.2) is 0 Å². The topological polar surface area (TPSA) is 20.3 Å². The summed E-state index contributed by atoms with van der Waals surface area (Å²) in [6.45, 7) is 3.44. The third-order valence-corrected chi connectivity index (χ3v) is 9.41. The van der Waals surface area contributed by atoms with E-state index in [1.54, 1.807) is 10.5 Å². The second-order valence-corrected chi connectivity index (χ2v) is 19.4. The Morgan fingerprint density at radius 2 is 2.08 bits per heavy atom. The Kier molecular flexibility index (Phi) is 3.43. The molecular weight excluding hydrogens is 269 g/mol. The first kappa shape index (κ1) is 11.1. The van der Waals surface area contributed by atoms with Gasteiger partial charge in [0.05, 0.1) is 0 Å². The Hall–Kier alpha value is 0.00870. The predicted octanol–water partition coefficient (Wildman–Crippen LogP) is 2.04. The van der Waals surface area contributed by atoms with Crippen molar-refractivity contribution in [1.29, 1.82) is 0 Å². The first-order valence-corrected chi connectivity index (χ1v) is 14.9. The molecule has 2 nitrogen and oxygen atoms in total. The molecule has 1 heterocycles. The molecule has 13 heavy (non-hydrogen) atoms. The Morgan fingerprint density at radius 1 is 1.46 bits per heavy atom. The van der Waals surface area contributed by atoms with E-state index in [2.05, 4.69) is 20.9 Å². The quantitative estimate of drug-likeness (QED) is 0.676. The van der Waals surface area contributed by atoms with E-state index >= 15 is 0 Å². The Labute approximate surface area is 84.9 Å². The zero-order valence-corrected chi connectivity index (χ0v) is 11.9. The summed E-state index contributed by atoms with van der Waals surface area (Å²) in [7, 11) is 0. The molecule has 1 rings (SSSR count). The zero-order chi connectivity index (χ0) is 10.1. The molecule has 0 saturated heterocycles. The maximum atomic E-state index is 11.1. The predicted molar refractivity (Wildman–Crippen MR) is 58.3 cm³/mol. The molecule has 1 aliphatic rings. The number of nitrogens with zero attached hydrogens (tertiary/aromatic N) is 1. The number of hydrogen-bond donors (Lipinski definition) is 0. The molecule has 0 N–H and O–H groups in total. The summed E-state index contributed by atoms with van der Waals surface area (Å²) in [5, 5.41) is 0. The molecule has 1 amide bonds. The first-order valence-electron chi connectivity index (χ1n) is 4.86. The molecule has 0 atom stereocenters. The Morgan fingerprint density at radius 3 is 2.38 bits per heavy atom. The van der Waals surface area contributed by atoms with Crippen molar-refractivity contribution in [3.63, 3.8) is 0 Å². The van der Waals surface area contributed by atoms with E-state index in [1.165, 1.54) is 0 Å². The van der Waals surface area contributed by atoms with Gasteiger partial charge in [0.1, 0.15) is 0 Å². The summed E-state index contributed by atoms with van der Waals surface area (Å²) >= 11 is -1.80. The molecule has 0 fully saturated rings. The van der Waals surface area contributed by atoms with Crippen molar-refractivity contribution in [2.24, 2.45) is 0 Å². The molecule has 0 radical (unpaired) electrons. The molecule has 0 spiro atoms. The summed E-state index contributed by atoms with van der Waals surface area (Å²) < 4.78 is 1.69. The van der Waals surface area contributed by atoms with Crippen LogP contribution in [0.2, 0.25) is 14.8 Å². The molecule has 0 aliphatic carbocycles. The number of amides is 1. The molecule has 0 saturated carbocycles. The Balaban J connectivity index is 2.63. The molecule has 0 unspecified atom stereocenters. The van der Waals surface area contributed by atoms with Gasteiger partial charge in [-0.15, -0.1) is 0 Å². The summed E-state index contributed by atoms with van der Waals surface area (Å²) in [5.74, 6) is 0.208. The van der Waals surface area contributed by atoms with Gasteiger partial charge in [-0.05, 0) is 0 Å². The van der Waals surface area contributed by atoms with Gasteiger partial charge in [0.2, 0.25) is 0 Å². The van der Waals surface area contributed by atoms with Crippen molar-refractivity contribution < 1.29 is 4.79 Å². The third kappa shape index (κ3) is 3.00. The van der Waals surface area contributed by atoms with E-state index in [-0.39, 0.29) is 5.91 Å². The number of carbonyl (C=O) groups excluding carboxylic acids is 1. The fraction of sp³-hybridized carbons (Fsp3) is 0.700. The van der Waals surface area contributed by atoms with Gasteiger partial charge < -0.3 is 0 Å². The van der Waals surface area contributed by atoms with Crippen LogP contribution in [-0.2, 0) is 4.79 Å². The van der Waals surface area contributed by atoms with E-state index in [9.17, 15) is 4.79 Å².